The van der Waals surface area contributed by atoms with Gasteiger partial charge in [0.1, 0.15) is 6.61 Å². The second-order valence-electron chi connectivity index (χ2n) is 22.9. The van der Waals surface area contributed by atoms with E-state index in [1.54, 1.807) is 0 Å². The number of unbranched alkanes of at least 4 members (excludes halogenated alkanes) is 55. The summed E-state index contributed by atoms with van der Waals surface area (Å²) in [5, 5.41) is 9.69. The van der Waals surface area contributed by atoms with Gasteiger partial charge in [0, 0.05) is 12.8 Å². The van der Waals surface area contributed by atoms with Crippen LogP contribution >= 0.6 is 0 Å². The van der Waals surface area contributed by atoms with Gasteiger partial charge >= 0.3 is 11.9 Å². The van der Waals surface area contributed by atoms with Crippen molar-refractivity contribution in [2.24, 2.45) is 0 Å². The minimum absolute atomic E-state index is 0.0554. The summed E-state index contributed by atoms with van der Waals surface area (Å²) >= 11 is 0. The van der Waals surface area contributed by atoms with Crippen molar-refractivity contribution in [1.82, 2.24) is 0 Å². The van der Waals surface area contributed by atoms with E-state index in [9.17, 15) is 14.7 Å². The van der Waals surface area contributed by atoms with E-state index in [1.165, 1.54) is 334 Å². The predicted octanol–water partition coefficient (Wildman–Crippen LogP) is 22.5. The molecule has 0 amide bonds. The molecule has 0 aromatic carbocycles. The van der Waals surface area contributed by atoms with Gasteiger partial charge in [-0.05, 0) is 12.8 Å². The number of esters is 2. The van der Waals surface area contributed by atoms with Gasteiger partial charge in [-0.15, -0.1) is 0 Å². The van der Waals surface area contributed by atoms with Gasteiger partial charge in [0.15, 0.2) is 6.10 Å². The van der Waals surface area contributed by atoms with E-state index >= 15 is 0 Å². The van der Waals surface area contributed by atoms with Crippen LogP contribution in [0.15, 0.2) is 0 Å². The molecule has 424 valence electrons. The summed E-state index contributed by atoms with van der Waals surface area (Å²) in [5.74, 6) is -0.559. The maximum absolute atomic E-state index is 12.3. The molecular weight excluding hydrogens is 873 g/mol. The Morgan fingerprint density at radius 1 is 0.268 bits per heavy atom. The quantitative estimate of drug-likeness (QED) is 0.0485. The zero-order valence-corrected chi connectivity index (χ0v) is 48.8. The molecule has 5 nitrogen and oxygen atoms in total. The topological polar surface area (TPSA) is 72.8 Å². The molecule has 0 saturated carbocycles. The summed E-state index contributed by atoms with van der Waals surface area (Å²) < 4.78 is 10.8. The van der Waals surface area contributed by atoms with Crippen molar-refractivity contribution in [3.05, 3.63) is 0 Å². The van der Waals surface area contributed by atoms with Crippen molar-refractivity contribution < 1.29 is 24.2 Å². The Balaban J connectivity index is 3.36. The number of carbonyl (C=O) groups is 2. The molecule has 0 aromatic heterocycles. The van der Waals surface area contributed by atoms with E-state index in [1.807, 2.05) is 0 Å². The third kappa shape index (κ3) is 61.3. The highest BCUT2D eigenvalue weighted by molar-refractivity contribution is 5.70. The smallest absolute Gasteiger partial charge is 0.306 e. The maximum Gasteiger partial charge on any atom is 0.306 e. The van der Waals surface area contributed by atoms with Gasteiger partial charge in [0.2, 0.25) is 0 Å². The molecular formula is C66H130O5. The summed E-state index contributed by atoms with van der Waals surface area (Å²) in [7, 11) is 0. The van der Waals surface area contributed by atoms with Crippen LogP contribution < -0.4 is 0 Å². The first kappa shape index (κ1) is 69.9. The summed E-state index contributed by atoms with van der Waals surface area (Å²) in [6, 6.07) is 0. The third-order valence-electron chi connectivity index (χ3n) is 15.7. The molecule has 0 aliphatic heterocycles. The monoisotopic (exact) mass is 1000 g/mol. The molecule has 0 radical (unpaired) electrons. The Morgan fingerprint density at radius 2 is 0.437 bits per heavy atom. The largest absolute Gasteiger partial charge is 0.462 e. The number of hydrogen-bond acceptors (Lipinski definition) is 5. The molecule has 1 N–H and O–H groups in total. The minimum Gasteiger partial charge on any atom is -0.462 e. The number of aliphatic hydroxyl groups is 1. The number of ether oxygens (including phenoxy) is 2. The van der Waals surface area contributed by atoms with Crippen molar-refractivity contribution in [3.8, 4) is 0 Å². The molecule has 1 atom stereocenters. The summed E-state index contributed by atoms with van der Waals surface area (Å²) in [6.45, 7) is 4.22. The molecule has 0 bridgehead atoms. The molecule has 0 spiro atoms. The van der Waals surface area contributed by atoms with E-state index in [4.69, 9.17) is 9.47 Å². The van der Waals surface area contributed by atoms with Crippen molar-refractivity contribution in [1.29, 1.82) is 0 Å². The predicted molar refractivity (Wildman–Crippen MR) is 312 cm³/mol. The van der Waals surface area contributed by atoms with E-state index in [0.29, 0.717) is 12.8 Å². The van der Waals surface area contributed by atoms with Crippen LogP contribution in [0.2, 0.25) is 0 Å². The molecule has 0 aliphatic carbocycles. The highest BCUT2D eigenvalue weighted by Crippen LogP contribution is 2.19. The molecule has 0 fully saturated rings. The van der Waals surface area contributed by atoms with Crippen LogP contribution in [0.3, 0.4) is 0 Å². The van der Waals surface area contributed by atoms with Crippen LogP contribution in [-0.4, -0.2) is 36.4 Å². The van der Waals surface area contributed by atoms with Crippen molar-refractivity contribution >= 4 is 11.9 Å². The molecule has 0 heterocycles. The first-order valence-electron chi connectivity index (χ1n) is 33.1. The van der Waals surface area contributed by atoms with Crippen molar-refractivity contribution in [2.45, 2.75) is 399 Å². The Bertz CT molecular complexity index is 999. The molecule has 71 heavy (non-hydrogen) atoms. The normalized spacial score (nSPS) is 12.0. The molecule has 0 aromatic rings. The molecule has 0 saturated heterocycles. The lowest BCUT2D eigenvalue weighted by atomic mass is 10.0. The van der Waals surface area contributed by atoms with Gasteiger partial charge in [-0.25, -0.2) is 0 Å². The average molecular weight is 1000 g/mol. The van der Waals surface area contributed by atoms with E-state index in [0.717, 1.165) is 32.1 Å². The second-order valence-corrected chi connectivity index (χ2v) is 22.9. The zero-order chi connectivity index (χ0) is 51.3. The lowest BCUT2D eigenvalue weighted by Crippen LogP contribution is -2.28. The Kier molecular flexibility index (Phi) is 62.2. The van der Waals surface area contributed by atoms with Crippen molar-refractivity contribution in [2.75, 3.05) is 13.2 Å². The van der Waals surface area contributed by atoms with Gasteiger partial charge in [0.25, 0.3) is 0 Å². The first-order valence-corrected chi connectivity index (χ1v) is 33.1. The number of rotatable bonds is 63. The maximum atomic E-state index is 12.3. The lowest BCUT2D eigenvalue weighted by molar-refractivity contribution is -0.161. The number of aliphatic hydroxyl groups excluding tert-OH is 1. The molecule has 1 unspecified atom stereocenters. The number of carbonyl (C=O) groups excluding carboxylic acids is 2. The third-order valence-corrected chi connectivity index (χ3v) is 15.7. The van der Waals surface area contributed by atoms with E-state index in [-0.39, 0.29) is 25.2 Å². The SMILES string of the molecule is CCCCCCCCCCCCCCCCCCCCCCCCCCCCCCCCCC(=O)OC(CO)COC(=O)CCCCCCCCCCCCCCCCCCCCCCCCCCCC. The van der Waals surface area contributed by atoms with Gasteiger partial charge in [0.05, 0.1) is 6.61 Å². The summed E-state index contributed by atoms with van der Waals surface area (Å²) in [6.07, 6.45) is 78.5. The second kappa shape index (κ2) is 63.2. The van der Waals surface area contributed by atoms with Gasteiger partial charge < -0.3 is 14.6 Å². The molecule has 0 aliphatic rings. The van der Waals surface area contributed by atoms with E-state index < -0.39 is 6.10 Å². The van der Waals surface area contributed by atoms with Gasteiger partial charge in [-0.3, -0.25) is 9.59 Å². The molecule has 5 heteroatoms. The highest BCUT2D eigenvalue weighted by Gasteiger charge is 2.16. The van der Waals surface area contributed by atoms with Crippen molar-refractivity contribution in [3.63, 3.8) is 0 Å². The van der Waals surface area contributed by atoms with E-state index in [2.05, 4.69) is 13.8 Å². The fraction of sp³-hybridized carbons (Fsp3) is 0.970. The standard InChI is InChI=1S/C66H130O5/c1-3-5-7-9-11-13-15-17-19-21-23-25-27-29-31-32-33-34-35-37-39-41-43-45-47-49-51-53-55-57-59-61-66(69)71-64(62-67)63-70-65(68)60-58-56-54-52-50-48-46-44-42-40-38-36-30-28-26-24-22-20-18-16-14-12-10-8-6-4-2/h64,67H,3-63H2,1-2H3. The van der Waals surface area contributed by atoms with Gasteiger partial charge in [-0.2, -0.15) is 0 Å². The Morgan fingerprint density at radius 3 is 0.620 bits per heavy atom. The van der Waals surface area contributed by atoms with Crippen LogP contribution in [0.1, 0.15) is 393 Å². The minimum atomic E-state index is -0.765. The van der Waals surface area contributed by atoms with Gasteiger partial charge in [-0.1, -0.05) is 367 Å². The fourth-order valence-electron chi connectivity index (χ4n) is 10.7. The number of hydrogen-bond donors (Lipinski definition) is 1. The highest BCUT2D eigenvalue weighted by atomic mass is 16.6. The van der Waals surface area contributed by atoms with Crippen LogP contribution in [0, 0.1) is 0 Å². The fourth-order valence-corrected chi connectivity index (χ4v) is 10.7. The average Bonchev–Trinajstić information content (AvgIpc) is 3.37. The Hall–Kier alpha value is -1.10. The lowest BCUT2D eigenvalue weighted by Gasteiger charge is -2.15. The van der Waals surface area contributed by atoms with Crippen LogP contribution in [0.25, 0.3) is 0 Å². The summed E-state index contributed by atoms with van der Waals surface area (Å²) in [5.41, 5.74) is 0. The van der Waals surface area contributed by atoms with Crippen LogP contribution in [-0.2, 0) is 19.1 Å². The molecule has 0 rings (SSSR count). The first-order chi connectivity index (χ1) is 35.1. The zero-order valence-electron chi connectivity index (χ0n) is 48.8. The Labute approximate surface area is 446 Å². The van der Waals surface area contributed by atoms with Crippen LogP contribution in [0.4, 0.5) is 0 Å². The summed E-state index contributed by atoms with van der Waals surface area (Å²) in [4.78, 5) is 24.6. The van der Waals surface area contributed by atoms with Crippen LogP contribution in [0.5, 0.6) is 0 Å².